The zero-order chi connectivity index (χ0) is 17.3. The van der Waals surface area contributed by atoms with Gasteiger partial charge in [0.1, 0.15) is 0 Å². The molecule has 24 heavy (non-hydrogen) atoms. The van der Waals surface area contributed by atoms with Gasteiger partial charge in [-0.15, -0.1) is 0 Å². The molecule has 6 nitrogen and oxygen atoms in total. The molecule has 0 spiro atoms. The quantitative estimate of drug-likeness (QED) is 0.837. The number of hydrogen-bond acceptors (Lipinski definition) is 3. The van der Waals surface area contributed by atoms with E-state index in [9.17, 15) is 13.2 Å². The van der Waals surface area contributed by atoms with E-state index < -0.39 is 10.0 Å². The molecular weight excluding hydrogens is 326 g/mol. The topological polar surface area (TPSA) is 62.1 Å². The molecule has 0 radical (unpaired) electrons. The van der Waals surface area contributed by atoms with Crippen molar-refractivity contribution in [3.8, 4) is 0 Å². The number of sulfonamides is 1. The second kappa shape index (κ2) is 6.82. The number of carbonyl (C=O) groups excluding carboxylic acids is 1. The molecule has 0 saturated carbocycles. The molecule has 2 aliphatic rings. The number of nitrogens with one attached hydrogen (secondary N) is 1. The molecule has 0 aromatic heterocycles. The molecule has 0 bridgehead atoms. The highest BCUT2D eigenvalue weighted by atomic mass is 32.2. The Morgan fingerprint density at radius 3 is 2.33 bits per heavy atom. The van der Waals surface area contributed by atoms with Crippen molar-refractivity contribution in [1.29, 1.82) is 0 Å². The lowest BCUT2D eigenvalue weighted by atomic mass is 10.1. The molecule has 0 atom stereocenters. The molecule has 1 aromatic carbocycles. The van der Waals surface area contributed by atoms with Crippen LogP contribution in [0.4, 0.5) is 5.69 Å². The zero-order valence-corrected chi connectivity index (χ0v) is 15.2. The van der Waals surface area contributed by atoms with Crippen molar-refractivity contribution >= 4 is 21.6 Å². The summed E-state index contributed by atoms with van der Waals surface area (Å²) in [6, 6.07) is 6.78. The second-order valence-corrected chi connectivity index (χ2v) is 8.85. The number of amides is 1. The van der Waals surface area contributed by atoms with Gasteiger partial charge in [-0.25, -0.2) is 8.42 Å². The number of benzene rings is 1. The van der Waals surface area contributed by atoms with Crippen molar-refractivity contribution in [1.82, 2.24) is 4.31 Å². The minimum Gasteiger partial charge on any atom is -0.337 e. The van der Waals surface area contributed by atoms with Gasteiger partial charge >= 0.3 is 0 Å². The Kier molecular flexibility index (Phi) is 4.94. The van der Waals surface area contributed by atoms with Crippen molar-refractivity contribution in [2.45, 2.75) is 36.6 Å². The predicted octanol–water partition coefficient (Wildman–Crippen LogP) is 0.111. The lowest BCUT2D eigenvalue weighted by Crippen LogP contribution is -3.10. The van der Waals surface area contributed by atoms with E-state index in [4.69, 9.17) is 0 Å². The predicted molar refractivity (Wildman–Crippen MR) is 92.6 cm³/mol. The smallest absolute Gasteiger partial charge is 0.243 e. The standard InChI is InChI=1S/C17H25N3O3S/c1-18-12-9-14(10-13-18)19(2)24(22,23)16-7-5-15(6-8-16)20-11-3-4-17(20)21/h5-8,14H,3-4,9-13H2,1-2H3/p+1. The van der Waals surface area contributed by atoms with E-state index in [1.807, 2.05) is 0 Å². The number of quaternary nitrogens is 1. The maximum atomic E-state index is 12.8. The number of hydrogen-bond donors (Lipinski definition) is 1. The normalized spacial score (nSPS) is 25.5. The van der Waals surface area contributed by atoms with Crippen LogP contribution >= 0.6 is 0 Å². The molecule has 1 N–H and O–H groups in total. The van der Waals surface area contributed by atoms with Gasteiger partial charge in [0.15, 0.2) is 0 Å². The highest BCUT2D eigenvalue weighted by Crippen LogP contribution is 2.25. The van der Waals surface area contributed by atoms with Crippen LogP contribution in [0.3, 0.4) is 0 Å². The fraction of sp³-hybridized carbons (Fsp3) is 0.588. The van der Waals surface area contributed by atoms with Gasteiger partial charge < -0.3 is 9.80 Å². The number of piperidine rings is 1. The number of carbonyl (C=O) groups is 1. The Labute approximate surface area is 144 Å². The van der Waals surface area contributed by atoms with Crippen LogP contribution in [0, 0.1) is 0 Å². The van der Waals surface area contributed by atoms with Gasteiger partial charge in [-0.05, 0) is 30.7 Å². The van der Waals surface area contributed by atoms with Gasteiger partial charge in [0.2, 0.25) is 15.9 Å². The first-order valence-corrected chi connectivity index (χ1v) is 10.0. The summed E-state index contributed by atoms with van der Waals surface area (Å²) >= 11 is 0. The van der Waals surface area contributed by atoms with Gasteiger partial charge in [0.05, 0.1) is 25.0 Å². The van der Waals surface area contributed by atoms with E-state index in [1.165, 1.54) is 9.21 Å². The monoisotopic (exact) mass is 352 g/mol. The Morgan fingerprint density at radius 1 is 1.17 bits per heavy atom. The van der Waals surface area contributed by atoms with Crippen LogP contribution in [0.5, 0.6) is 0 Å². The van der Waals surface area contributed by atoms with Crippen molar-refractivity contribution in [2.75, 3.05) is 38.6 Å². The summed E-state index contributed by atoms with van der Waals surface area (Å²) in [4.78, 5) is 15.3. The van der Waals surface area contributed by atoms with E-state index in [0.29, 0.717) is 17.9 Å². The van der Waals surface area contributed by atoms with Crippen LogP contribution in [-0.2, 0) is 14.8 Å². The van der Waals surface area contributed by atoms with Gasteiger partial charge in [0, 0.05) is 44.6 Å². The van der Waals surface area contributed by atoms with Gasteiger partial charge in [-0.1, -0.05) is 0 Å². The summed E-state index contributed by atoms with van der Waals surface area (Å²) < 4.78 is 27.2. The number of rotatable bonds is 4. The molecule has 0 unspecified atom stereocenters. The van der Waals surface area contributed by atoms with Crippen molar-refractivity contribution in [2.24, 2.45) is 0 Å². The van der Waals surface area contributed by atoms with Gasteiger partial charge in [0.25, 0.3) is 0 Å². The summed E-state index contributed by atoms with van der Waals surface area (Å²) in [5.74, 6) is 0.108. The van der Waals surface area contributed by atoms with Crippen LogP contribution in [-0.4, -0.2) is 58.4 Å². The van der Waals surface area contributed by atoms with Crippen LogP contribution in [0.15, 0.2) is 29.2 Å². The molecule has 3 rings (SSSR count). The molecular formula is C17H26N3O3S+. The largest absolute Gasteiger partial charge is 0.337 e. The lowest BCUT2D eigenvalue weighted by Gasteiger charge is -2.32. The average Bonchev–Trinajstić information content (AvgIpc) is 3.01. The highest BCUT2D eigenvalue weighted by Gasteiger charge is 2.31. The molecule has 2 fully saturated rings. The first-order chi connectivity index (χ1) is 11.4. The third-order valence-electron chi connectivity index (χ3n) is 5.22. The lowest BCUT2D eigenvalue weighted by molar-refractivity contribution is -0.885. The molecule has 1 aromatic rings. The molecule has 1 amide bonds. The molecule has 2 saturated heterocycles. The van der Waals surface area contributed by atoms with E-state index in [0.717, 1.165) is 38.0 Å². The van der Waals surface area contributed by atoms with E-state index in [2.05, 4.69) is 7.05 Å². The van der Waals surface area contributed by atoms with Crippen molar-refractivity contribution < 1.29 is 18.1 Å². The Hall–Kier alpha value is -1.44. The van der Waals surface area contributed by atoms with Gasteiger partial charge in [-0.3, -0.25) is 4.79 Å². The fourth-order valence-electron chi connectivity index (χ4n) is 3.54. The van der Waals surface area contributed by atoms with Crippen LogP contribution in [0.25, 0.3) is 0 Å². The summed E-state index contributed by atoms with van der Waals surface area (Å²) in [7, 11) is 0.332. The number of nitrogens with zero attached hydrogens (tertiary/aromatic N) is 2. The summed E-state index contributed by atoms with van der Waals surface area (Å²) in [5, 5.41) is 0. The minimum absolute atomic E-state index is 0.0681. The maximum absolute atomic E-state index is 12.8. The highest BCUT2D eigenvalue weighted by molar-refractivity contribution is 7.89. The van der Waals surface area contributed by atoms with Crippen molar-refractivity contribution in [3.05, 3.63) is 24.3 Å². The molecule has 7 heteroatoms. The molecule has 2 aliphatic heterocycles. The average molecular weight is 352 g/mol. The minimum atomic E-state index is -3.49. The summed E-state index contributed by atoms with van der Waals surface area (Å²) in [5.41, 5.74) is 0.780. The third kappa shape index (κ3) is 3.34. The first-order valence-electron chi connectivity index (χ1n) is 8.59. The number of likely N-dealkylation sites (tertiary alicyclic amines) is 1. The maximum Gasteiger partial charge on any atom is 0.243 e. The Bertz CT molecular complexity index is 694. The van der Waals surface area contributed by atoms with Gasteiger partial charge in [-0.2, -0.15) is 4.31 Å². The third-order valence-corrected chi connectivity index (χ3v) is 7.15. The SMILES string of the molecule is CN(C1CC[NH+](C)CC1)S(=O)(=O)c1ccc(N2CCCC2=O)cc1. The Morgan fingerprint density at radius 2 is 1.79 bits per heavy atom. The fourth-order valence-corrected chi connectivity index (χ4v) is 4.96. The summed E-state index contributed by atoms with van der Waals surface area (Å²) in [6.07, 6.45) is 3.21. The molecule has 132 valence electrons. The van der Waals surface area contributed by atoms with Crippen molar-refractivity contribution in [3.63, 3.8) is 0 Å². The van der Waals surface area contributed by atoms with Crippen LogP contribution in [0.2, 0.25) is 0 Å². The summed E-state index contributed by atoms with van der Waals surface area (Å²) in [6.45, 7) is 2.71. The van der Waals surface area contributed by atoms with Crippen LogP contribution in [0.1, 0.15) is 25.7 Å². The van der Waals surface area contributed by atoms with E-state index in [1.54, 1.807) is 36.2 Å². The Balaban J connectivity index is 1.75. The number of anilines is 1. The van der Waals surface area contributed by atoms with E-state index >= 15 is 0 Å². The van der Waals surface area contributed by atoms with E-state index in [-0.39, 0.29) is 11.9 Å². The molecule has 2 heterocycles. The second-order valence-electron chi connectivity index (χ2n) is 6.85. The van der Waals surface area contributed by atoms with Crippen LogP contribution < -0.4 is 9.80 Å². The zero-order valence-electron chi connectivity index (χ0n) is 14.4. The molecule has 0 aliphatic carbocycles. The first kappa shape index (κ1) is 17.4.